The van der Waals surface area contributed by atoms with Crippen molar-refractivity contribution in [3.63, 3.8) is 0 Å². The number of aryl methyl sites for hydroxylation is 1. The van der Waals surface area contributed by atoms with E-state index < -0.39 is 0 Å². The number of fused-ring (bicyclic) bond motifs is 5. The Morgan fingerprint density at radius 1 is 0.857 bits per heavy atom. The first-order chi connectivity index (χ1) is 13.6. The van der Waals surface area contributed by atoms with Crippen LogP contribution in [-0.2, 0) is 20.5 Å². The van der Waals surface area contributed by atoms with Gasteiger partial charge >= 0.3 is 5.69 Å². The molecule has 0 atom stereocenters. The molecule has 0 radical (unpaired) electrons. The maximum atomic E-state index is 12.8. The van der Waals surface area contributed by atoms with Crippen LogP contribution in [0.25, 0.3) is 27.5 Å². The molecule has 138 valence electrons. The minimum absolute atomic E-state index is 0.295. The molecule has 0 aliphatic carbocycles. The summed E-state index contributed by atoms with van der Waals surface area (Å²) in [6.07, 6.45) is 2.43. The molecule has 0 aliphatic rings. The smallest absolute Gasteiger partial charge is 0.311 e. The van der Waals surface area contributed by atoms with Gasteiger partial charge in [0.1, 0.15) is 0 Å². The van der Waals surface area contributed by atoms with Crippen molar-refractivity contribution in [2.45, 2.75) is 6.42 Å². The lowest BCUT2D eigenvalue weighted by Gasteiger charge is -2.10. The zero-order valence-electron chi connectivity index (χ0n) is 15.6. The Morgan fingerprint density at radius 3 is 2.36 bits per heavy atom. The average Bonchev–Trinajstić information content (AvgIpc) is 3.13. The lowest BCUT2D eigenvalue weighted by Crippen LogP contribution is -2.36. The molecule has 0 saturated heterocycles. The lowest BCUT2D eigenvalue weighted by molar-refractivity contribution is 0.715. The Morgan fingerprint density at radius 2 is 1.57 bits per heavy atom. The molecule has 6 nitrogen and oxygen atoms in total. The van der Waals surface area contributed by atoms with E-state index in [0.717, 1.165) is 32.4 Å². The van der Waals surface area contributed by atoms with Crippen LogP contribution < -0.4 is 11.2 Å². The highest BCUT2D eigenvalue weighted by Crippen LogP contribution is 2.27. The Balaban J connectivity index is 2.00. The third-order valence-electron chi connectivity index (χ3n) is 5.31. The van der Waals surface area contributed by atoms with Gasteiger partial charge in [0, 0.05) is 26.7 Å². The predicted molar refractivity (Wildman–Crippen MR) is 110 cm³/mol. The van der Waals surface area contributed by atoms with Crippen LogP contribution in [0.1, 0.15) is 11.3 Å². The molecule has 0 saturated carbocycles. The van der Waals surface area contributed by atoms with Crippen LogP contribution in [0.2, 0.25) is 0 Å². The molecule has 5 aromatic rings. The molecule has 0 fully saturated rings. The topological polar surface area (TPSA) is 61.3 Å². The highest BCUT2D eigenvalue weighted by atomic mass is 16.2. The molecule has 2 aromatic carbocycles. The zero-order valence-corrected chi connectivity index (χ0v) is 15.6. The van der Waals surface area contributed by atoms with E-state index in [1.165, 1.54) is 11.6 Å². The SMILES string of the molecule is Cn1c(=O)c2cn3c4ccccc4nc(Cc4ccccc4)c3c2n(C)c1=O. The summed E-state index contributed by atoms with van der Waals surface area (Å²) in [4.78, 5) is 30.3. The van der Waals surface area contributed by atoms with E-state index in [1.54, 1.807) is 7.05 Å². The van der Waals surface area contributed by atoms with Crippen molar-refractivity contribution in [1.82, 2.24) is 18.5 Å². The first kappa shape index (κ1) is 16.5. The van der Waals surface area contributed by atoms with Crippen LogP contribution in [0.15, 0.2) is 70.4 Å². The van der Waals surface area contributed by atoms with E-state index in [-0.39, 0.29) is 11.2 Å². The van der Waals surface area contributed by atoms with Crippen molar-refractivity contribution in [1.29, 1.82) is 0 Å². The average molecular weight is 370 g/mol. The standard InChI is InChI=1S/C22H18N4O2/c1-24-19-15(21(27)25(2)22(24)28)13-26-18-11-7-6-10-16(18)23-17(20(19)26)12-14-8-4-3-5-9-14/h3-11,13H,12H2,1-2H3. The largest absolute Gasteiger partial charge is 0.331 e. The minimum Gasteiger partial charge on any atom is -0.311 e. The number of hydrogen-bond acceptors (Lipinski definition) is 3. The minimum atomic E-state index is -0.343. The molecule has 3 heterocycles. The first-order valence-electron chi connectivity index (χ1n) is 9.08. The Hall–Kier alpha value is -3.67. The molecule has 28 heavy (non-hydrogen) atoms. The van der Waals surface area contributed by atoms with E-state index in [4.69, 9.17) is 4.98 Å². The van der Waals surface area contributed by atoms with Crippen molar-refractivity contribution in [2.24, 2.45) is 14.1 Å². The van der Waals surface area contributed by atoms with E-state index in [1.807, 2.05) is 53.1 Å². The van der Waals surface area contributed by atoms with Gasteiger partial charge in [-0.1, -0.05) is 42.5 Å². The van der Waals surface area contributed by atoms with Crippen LogP contribution in [0.3, 0.4) is 0 Å². The Labute approximate surface area is 159 Å². The van der Waals surface area contributed by atoms with Gasteiger partial charge in [-0.25, -0.2) is 9.78 Å². The lowest BCUT2D eigenvalue weighted by atomic mass is 10.1. The molecule has 3 aromatic heterocycles. The second-order valence-electron chi connectivity index (χ2n) is 7.03. The maximum Gasteiger partial charge on any atom is 0.331 e. The predicted octanol–water partition coefficient (Wildman–Crippen LogP) is 2.63. The summed E-state index contributed by atoms with van der Waals surface area (Å²) < 4.78 is 4.68. The molecular weight excluding hydrogens is 352 g/mol. The van der Waals surface area contributed by atoms with Crippen LogP contribution >= 0.6 is 0 Å². The van der Waals surface area contributed by atoms with Gasteiger partial charge in [0.15, 0.2) is 0 Å². The molecule has 6 heteroatoms. The zero-order chi connectivity index (χ0) is 19.4. The number of para-hydroxylation sites is 2. The molecule has 0 N–H and O–H groups in total. The number of nitrogens with zero attached hydrogens (tertiary/aromatic N) is 4. The van der Waals surface area contributed by atoms with Gasteiger partial charge in [0.25, 0.3) is 5.56 Å². The summed E-state index contributed by atoms with van der Waals surface area (Å²) in [6.45, 7) is 0. The van der Waals surface area contributed by atoms with Gasteiger partial charge < -0.3 is 4.40 Å². The van der Waals surface area contributed by atoms with Crippen molar-refractivity contribution >= 4 is 27.5 Å². The monoisotopic (exact) mass is 370 g/mol. The quantitative estimate of drug-likeness (QED) is 0.480. The van der Waals surface area contributed by atoms with E-state index in [9.17, 15) is 9.59 Å². The second kappa shape index (κ2) is 5.92. The maximum absolute atomic E-state index is 12.8. The fraction of sp³-hybridized carbons (Fsp3) is 0.136. The fourth-order valence-corrected chi connectivity index (χ4v) is 3.92. The second-order valence-corrected chi connectivity index (χ2v) is 7.03. The van der Waals surface area contributed by atoms with Crippen LogP contribution in [0.4, 0.5) is 0 Å². The molecule has 0 spiro atoms. The van der Waals surface area contributed by atoms with Gasteiger partial charge in [-0.15, -0.1) is 0 Å². The summed E-state index contributed by atoms with van der Waals surface area (Å²) >= 11 is 0. The van der Waals surface area contributed by atoms with Crippen molar-refractivity contribution in [3.8, 4) is 0 Å². The summed E-state index contributed by atoms with van der Waals surface area (Å²) in [5.41, 5.74) is 4.50. The van der Waals surface area contributed by atoms with E-state index in [0.29, 0.717) is 17.3 Å². The van der Waals surface area contributed by atoms with E-state index >= 15 is 0 Å². The van der Waals surface area contributed by atoms with E-state index in [2.05, 4.69) is 12.1 Å². The van der Waals surface area contributed by atoms with Crippen LogP contribution in [-0.4, -0.2) is 18.5 Å². The molecule has 5 rings (SSSR count). The highest BCUT2D eigenvalue weighted by Gasteiger charge is 2.19. The van der Waals surface area contributed by atoms with Gasteiger partial charge in [0.2, 0.25) is 0 Å². The summed E-state index contributed by atoms with van der Waals surface area (Å²) in [7, 11) is 3.21. The first-order valence-corrected chi connectivity index (χ1v) is 9.08. The number of aromatic nitrogens is 4. The Bertz CT molecular complexity index is 1490. The molecule has 0 amide bonds. The summed E-state index contributed by atoms with van der Waals surface area (Å²) in [5, 5.41) is 0.511. The summed E-state index contributed by atoms with van der Waals surface area (Å²) in [6, 6.07) is 17.9. The Kier molecular flexibility index (Phi) is 3.49. The molecule has 0 unspecified atom stereocenters. The summed E-state index contributed by atoms with van der Waals surface area (Å²) in [5.74, 6) is 0. The van der Waals surface area contributed by atoms with Crippen molar-refractivity contribution in [2.75, 3.05) is 0 Å². The van der Waals surface area contributed by atoms with Crippen molar-refractivity contribution in [3.05, 3.63) is 92.9 Å². The number of benzene rings is 2. The van der Waals surface area contributed by atoms with Gasteiger partial charge in [-0.05, 0) is 17.7 Å². The normalized spacial score (nSPS) is 11.6. The van der Waals surface area contributed by atoms with Gasteiger partial charge in [-0.3, -0.25) is 13.9 Å². The number of hydrogen-bond donors (Lipinski definition) is 0. The molecular formula is C22H18N4O2. The third kappa shape index (κ3) is 2.24. The van der Waals surface area contributed by atoms with Crippen LogP contribution in [0.5, 0.6) is 0 Å². The molecule has 0 bridgehead atoms. The highest BCUT2D eigenvalue weighted by molar-refractivity contribution is 5.98. The van der Waals surface area contributed by atoms with Gasteiger partial charge in [-0.2, -0.15) is 0 Å². The number of rotatable bonds is 2. The van der Waals surface area contributed by atoms with Gasteiger partial charge in [0.05, 0.1) is 33.1 Å². The molecule has 0 aliphatic heterocycles. The fourth-order valence-electron chi connectivity index (χ4n) is 3.92. The third-order valence-corrected chi connectivity index (χ3v) is 5.31. The van der Waals surface area contributed by atoms with Crippen LogP contribution in [0, 0.1) is 0 Å². The van der Waals surface area contributed by atoms with Crippen molar-refractivity contribution < 1.29 is 0 Å².